The highest BCUT2D eigenvalue weighted by atomic mass is 127. The fourth-order valence-electron chi connectivity index (χ4n) is 2.85. The number of aromatic nitrogens is 3. The van der Waals surface area contributed by atoms with Crippen molar-refractivity contribution in [1.29, 1.82) is 0 Å². The fraction of sp³-hybridized carbons (Fsp3) is 0.167. The Hall–Kier alpha value is -1.94. The van der Waals surface area contributed by atoms with E-state index in [1.165, 1.54) is 9.90 Å². The van der Waals surface area contributed by atoms with E-state index in [4.69, 9.17) is 4.74 Å². The molecule has 0 radical (unpaired) electrons. The molecule has 0 aliphatic carbocycles. The molecule has 1 aliphatic heterocycles. The SMILES string of the molecule is O=C1C[C@@H](c2ccc(OCc3ccc(I)cc3)c(Br)c2)n2ncnc2N1. The van der Waals surface area contributed by atoms with E-state index in [1.54, 1.807) is 4.68 Å². The minimum Gasteiger partial charge on any atom is -0.488 e. The van der Waals surface area contributed by atoms with Gasteiger partial charge < -0.3 is 4.74 Å². The van der Waals surface area contributed by atoms with Gasteiger partial charge in [-0.25, -0.2) is 4.68 Å². The summed E-state index contributed by atoms with van der Waals surface area (Å²) >= 11 is 5.85. The maximum Gasteiger partial charge on any atom is 0.229 e. The fourth-order valence-corrected chi connectivity index (χ4v) is 3.72. The van der Waals surface area contributed by atoms with E-state index >= 15 is 0 Å². The Morgan fingerprint density at radius 3 is 2.85 bits per heavy atom. The zero-order chi connectivity index (χ0) is 18.1. The Balaban J connectivity index is 1.53. The van der Waals surface area contributed by atoms with Gasteiger partial charge in [-0.1, -0.05) is 18.2 Å². The topological polar surface area (TPSA) is 69.0 Å². The Kier molecular flexibility index (Phi) is 4.94. The van der Waals surface area contributed by atoms with E-state index in [0.29, 0.717) is 19.0 Å². The number of benzene rings is 2. The van der Waals surface area contributed by atoms with Crippen LogP contribution in [0.4, 0.5) is 5.95 Å². The van der Waals surface area contributed by atoms with Crippen molar-refractivity contribution in [1.82, 2.24) is 14.8 Å². The highest BCUT2D eigenvalue weighted by Crippen LogP contribution is 2.34. The Bertz CT molecular complexity index is 958. The summed E-state index contributed by atoms with van der Waals surface area (Å²) in [6, 6.07) is 13.9. The van der Waals surface area contributed by atoms with Crippen molar-refractivity contribution in [2.24, 2.45) is 0 Å². The monoisotopic (exact) mass is 524 g/mol. The molecule has 8 heteroatoms. The third kappa shape index (κ3) is 3.61. The van der Waals surface area contributed by atoms with Gasteiger partial charge in [0.15, 0.2) is 0 Å². The first-order chi connectivity index (χ1) is 12.6. The lowest BCUT2D eigenvalue weighted by molar-refractivity contribution is -0.117. The summed E-state index contributed by atoms with van der Waals surface area (Å²) in [6.45, 7) is 0.494. The number of nitrogens with one attached hydrogen (secondary N) is 1. The first kappa shape index (κ1) is 17.5. The molecule has 132 valence electrons. The van der Waals surface area contributed by atoms with Crippen molar-refractivity contribution in [2.45, 2.75) is 19.1 Å². The molecule has 0 saturated heterocycles. The average Bonchev–Trinajstić information content (AvgIpc) is 3.09. The van der Waals surface area contributed by atoms with E-state index < -0.39 is 0 Å². The van der Waals surface area contributed by atoms with E-state index in [1.807, 2.05) is 18.2 Å². The van der Waals surface area contributed by atoms with Crippen LogP contribution in [-0.2, 0) is 11.4 Å². The molecular formula is C18H14BrIN4O2. The molecule has 0 fully saturated rings. The van der Waals surface area contributed by atoms with Gasteiger partial charge in [-0.15, -0.1) is 0 Å². The largest absolute Gasteiger partial charge is 0.488 e. The predicted molar refractivity (Wildman–Crippen MR) is 109 cm³/mol. The quantitative estimate of drug-likeness (QED) is 0.520. The molecule has 0 unspecified atom stereocenters. The molecule has 2 aromatic carbocycles. The second-order valence-electron chi connectivity index (χ2n) is 5.90. The van der Waals surface area contributed by atoms with E-state index in [-0.39, 0.29) is 11.9 Å². The van der Waals surface area contributed by atoms with Crippen LogP contribution >= 0.6 is 38.5 Å². The number of fused-ring (bicyclic) bond motifs is 1. The van der Waals surface area contributed by atoms with Crippen LogP contribution in [0.2, 0.25) is 0 Å². The van der Waals surface area contributed by atoms with Gasteiger partial charge in [-0.3, -0.25) is 10.1 Å². The van der Waals surface area contributed by atoms with Crippen LogP contribution in [0.1, 0.15) is 23.6 Å². The first-order valence-corrected chi connectivity index (χ1v) is 9.83. The lowest BCUT2D eigenvalue weighted by Gasteiger charge is -2.24. The van der Waals surface area contributed by atoms with Gasteiger partial charge in [0.2, 0.25) is 11.9 Å². The summed E-state index contributed by atoms with van der Waals surface area (Å²) in [5.41, 5.74) is 2.08. The third-order valence-electron chi connectivity index (χ3n) is 4.15. The van der Waals surface area contributed by atoms with Crippen LogP contribution in [0.5, 0.6) is 5.75 Å². The average molecular weight is 525 g/mol. The van der Waals surface area contributed by atoms with Gasteiger partial charge in [0.25, 0.3) is 0 Å². The van der Waals surface area contributed by atoms with E-state index in [9.17, 15) is 4.79 Å². The summed E-state index contributed by atoms with van der Waals surface area (Å²) in [4.78, 5) is 16.0. The number of carbonyl (C=O) groups excluding carboxylic acids is 1. The molecule has 0 bridgehead atoms. The number of carbonyl (C=O) groups is 1. The molecule has 1 atom stereocenters. The minimum absolute atomic E-state index is 0.0642. The molecule has 3 aromatic rings. The predicted octanol–water partition coefficient (Wildman–Crippen LogP) is 4.16. The highest BCUT2D eigenvalue weighted by Gasteiger charge is 2.28. The molecule has 26 heavy (non-hydrogen) atoms. The van der Waals surface area contributed by atoms with E-state index in [2.05, 4.69) is 78.2 Å². The molecule has 4 rings (SSSR count). The number of halogens is 2. The van der Waals surface area contributed by atoms with Crippen LogP contribution < -0.4 is 10.1 Å². The van der Waals surface area contributed by atoms with Crippen molar-refractivity contribution in [2.75, 3.05) is 5.32 Å². The van der Waals surface area contributed by atoms with Crippen LogP contribution in [0.25, 0.3) is 0 Å². The van der Waals surface area contributed by atoms with Gasteiger partial charge >= 0.3 is 0 Å². The van der Waals surface area contributed by atoms with Crippen LogP contribution in [0.3, 0.4) is 0 Å². The summed E-state index contributed by atoms with van der Waals surface area (Å²) in [5, 5.41) is 6.95. The molecule has 1 amide bonds. The van der Waals surface area contributed by atoms with Gasteiger partial charge in [0, 0.05) is 3.57 Å². The van der Waals surface area contributed by atoms with Crippen molar-refractivity contribution in [3.8, 4) is 5.75 Å². The van der Waals surface area contributed by atoms with Gasteiger partial charge in [0.1, 0.15) is 18.7 Å². The second-order valence-corrected chi connectivity index (χ2v) is 8.00. The normalized spacial score (nSPS) is 16.1. The highest BCUT2D eigenvalue weighted by molar-refractivity contribution is 14.1. The summed E-state index contributed by atoms with van der Waals surface area (Å²) < 4.78 is 9.68. The number of anilines is 1. The maximum absolute atomic E-state index is 11.9. The molecule has 6 nitrogen and oxygen atoms in total. The van der Waals surface area contributed by atoms with Crippen molar-refractivity contribution in [3.05, 3.63) is 68.0 Å². The maximum atomic E-state index is 11.9. The standard InChI is InChI=1S/C18H14BrIN4O2/c19-14-7-12(15-8-17(25)23-18-21-10-22-24(15)18)3-6-16(14)26-9-11-1-4-13(20)5-2-11/h1-7,10,15H,8-9H2,(H,21,22,23,25)/t15-/m0/s1. The molecule has 1 aromatic heterocycles. The molecular weight excluding hydrogens is 511 g/mol. The number of nitrogens with zero attached hydrogens (tertiary/aromatic N) is 3. The van der Waals surface area contributed by atoms with Crippen LogP contribution in [0, 0.1) is 3.57 Å². The first-order valence-electron chi connectivity index (χ1n) is 7.96. The van der Waals surface area contributed by atoms with Gasteiger partial charge in [-0.2, -0.15) is 10.1 Å². The van der Waals surface area contributed by atoms with Crippen molar-refractivity contribution in [3.63, 3.8) is 0 Å². The zero-order valence-corrected chi connectivity index (χ0v) is 17.3. The number of hydrogen-bond acceptors (Lipinski definition) is 4. The lowest BCUT2D eigenvalue weighted by Crippen LogP contribution is -2.29. The summed E-state index contributed by atoms with van der Waals surface area (Å²) in [6.07, 6.45) is 1.77. The lowest BCUT2D eigenvalue weighted by atomic mass is 10.0. The smallest absolute Gasteiger partial charge is 0.229 e. The number of hydrogen-bond donors (Lipinski definition) is 1. The summed E-state index contributed by atoms with van der Waals surface area (Å²) in [5.74, 6) is 1.17. The second kappa shape index (κ2) is 7.36. The number of ether oxygens (including phenoxy) is 1. The summed E-state index contributed by atoms with van der Waals surface area (Å²) in [7, 11) is 0. The molecule has 2 heterocycles. The molecule has 0 spiro atoms. The van der Waals surface area contributed by atoms with Crippen LogP contribution in [0.15, 0.2) is 53.3 Å². The number of amides is 1. The Morgan fingerprint density at radius 2 is 2.08 bits per heavy atom. The van der Waals surface area contributed by atoms with Crippen LogP contribution in [-0.4, -0.2) is 20.7 Å². The minimum atomic E-state index is -0.178. The number of rotatable bonds is 4. The zero-order valence-electron chi connectivity index (χ0n) is 13.5. The molecule has 1 aliphatic rings. The van der Waals surface area contributed by atoms with E-state index in [0.717, 1.165) is 21.3 Å². The Morgan fingerprint density at radius 1 is 1.27 bits per heavy atom. The molecule has 0 saturated carbocycles. The van der Waals surface area contributed by atoms with Crippen molar-refractivity contribution < 1.29 is 9.53 Å². The van der Waals surface area contributed by atoms with Gasteiger partial charge in [-0.05, 0) is 73.9 Å². The Labute approximate surface area is 172 Å². The van der Waals surface area contributed by atoms with Gasteiger partial charge in [0.05, 0.1) is 16.9 Å². The third-order valence-corrected chi connectivity index (χ3v) is 5.49. The molecule has 1 N–H and O–H groups in total. The van der Waals surface area contributed by atoms with Crippen molar-refractivity contribution >= 4 is 50.4 Å².